The van der Waals surface area contributed by atoms with E-state index in [1.165, 1.54) is 0 Å². The highest BCUT2D eigenvalue weighted by atomic mass is 79.9. The molecule has 17 heavy (non-hydrogen) atoms. The van der Waals surface area contributed by atoms with E-state index in [4.69, 9.17) is 17.3 Å². The molecular weight excluding hydrogens is 304 g/mol. The highest BCUT2D eigenvalue weighted by molar-refractivity contribution is 9.10. The van der Waals surface area contributed by atoms with E-state index in [1.807, 2.05) is 6.07 Å². The van der Waals surface area contributed by atoms with Crippen molar-refractivity contribution in [3.05, 3.63) is 34.3 Å². The van der Waals surface area contributed by atoms with E-state index in [-0.39, 0.29) is 11.0 Å². The highest BCUT2D eigenvalue weighted by Gasteiger charge is 2.08. The molecule has 0 heterocycles. The second kappa shape index (κ2) is 6.68. The Bertz CT molecular complexity index is 424. The SMILES string of the molecule is CC(O)CNC(=S)NC(=O)c1cccc(Br)c1. The summed E-state index contributed by atoms with van der Waals surface area (Å²) in [7, 11) is 0. The summed E-state index contributed by atoms with van der Waals surface area (Å²) in [6, 6.07) is 7.00. The molecule has 0 radical (unpaired) electrons. The van der Waals surface area contributed by atoms with Crippen molar-refractivity contribution in [3.8, 4) is 0 Å². The minimum atomic E-state index is -0.518. The monoisotopic (exact) mass is 316 g/mol. The van der Waals surface area contributed by atoms with E-state index in [2.05, 4.69) is 26.6 Å². The van der Waals surface area contributed by atoms with Gasteiger partial charge in [-0.15, -0.1) is 0 Å². The van der Waals surface area contributed by atoms with Gasteiger partial charge < -0.3 is 10.4 Å². The van der Waals surface area contributed by atoms with Gasteiger partial charge >= 0.3 is 0 Å². The van der Waals surface area contributed by atoms with Gasteiger partial charge in [0, 0.05) is 16.6 Å². The molecule has 0 aliphatic rings. The summed E-state index contributed by atoms with van der Waals surface area (Å²) >= 11 is 8.20. The minimum absolute atomic E-state index is 0.205. The Hall–Kier alpha value is -0.980. The lowest BCUT2D eigenvalue weighted by Crippen LogP contribution is -2.41. The molecule has 0 spiro atoms. The molecule has 0 saturated heterocycles. The van der Waals surface area contributed by atoms with Gasteiger partial charge in [0.2, 0.25) is 0 Å². The molecular formula is C11H13BrN2O2S. The summed E-state index contributed by atoms with van der Waals surface area (Å²) in [5.41, 5.74) is 0.514. The molecule has 0 aromatic heterocycles. The lowest BCUT2D eigenvalue weighted by atomic mass is 10.2. The second-order valence-corrected chi connectivity index (χ2v) is 4.85. The molecule has 92 valence electrons. The maximum Gasteiger partial charge on any atom is 0.257 e. The number of rotatable bonds is 3. The van der Waals surface area contributed by atoms with Gasteiger partial charge in [0.1, 0.15) is 0 Å². The Morgan fingerprint density at radius 1 is 1.59 bits per heavy atom. The lowest BCUT2D eigenvalue weighted by molar-refractivity contribution is 0.0976. The molecule has 3 N–H and O–H groups in total. The Morgan fingerprint density at radius 3 is 2.88 bits per heavy atom. The molecule has 1 aromatic rings. The predicted octanol–water partition coefficient (Wildman–Crippen LogP) is 1.43. The Morgan fingerprint density at radius 2 is 2.29 bits per heavy atom. The predicted molar refractivity (Wildman–Crippen MR) is 73.9 cm³/mol. The quantitative estimate of drug-likeness (QED) is 0.738. The zero-order valence-corrected chi connectivity index (χ0v) is 11.6. The lowest BCUT2D eigenvalue weighted by Gasteiger charge is -2.10. The standard InChI is InChI=1S/C11H13BrN2O2S/c1-7(15)6-13-11(17)14-10(16)8-3-2-4-9(12)5-8/h2-5,7,15H,6H2,1H3,(H2,13,14,16,17). The number of hydrogen-bond donors (Lipinski definition) is 3. The van der Waals surface area contributed by atoms with Crippen molar-refractivity contribution in [1.82, 2.24) is 10.6 Å². The van der Waals surface area contributed by atoms with Crippen molar-refractivity contribution < 1.29 is 9.90 Å². The first-order valence-corrected chi connectivity index (χ1v) is 6.22. The van der Waals surface area contributed by atoms with Crippen LogP contribution in [0.5, 0.6) is 0 Å². The summed E-state index contributed by atoms with van der Waals surface area (Å²) in [6.07, 6.45) is -0.518. The van der Waals surface area contributed by atoms with Crippen molar-refractivity contribution in [2.24, 2.45) is 0 Å². The molecule has 0 saturated carbocycles. The van der Waals surface area contributed by atoms with Crippen molar-refractivity contribution in [2.75, 3.05) is 6.54 Å². The fourth-order valence-corrected chi connectivity index (χ4v) is 1.66. The van der Waals surface area contributed by atoms with Crippen molar-refractivity contribution in [2.45, 2.75) is 13.0 Å². The van der Waals surface area contributed by atoms with Gasteiger partial charge in [-0.05, 0) is 37.3 Å². The van der Waals surface area contributed by atoms with Gasteiger partial charge in [0.15, 0.2) is 5.11 Å². The maximum absolute atomic E-state index is 11.7. The zero-order chi connectivity index (χ0) is 12.8. The van der Waals surface area contributed by atoms with Gasteiger partial charge in [0.25, 0.3) is 5.91 Å². The highest BCUT2D eigenvalue weighted by Crippen LogP contribution is 2.11. The summed E-state index contributed by atoms with van der Waals surface area (Å²) in [4.78, 5) is 11.7. The molecule has 6 heteroatoms. The van der Waals surface area contributed by atoms with Crippen LogP contribution in [0.1, 0.15) is 17.3 Å². The molecule has 0 aliphatic heterocycles. The van der Waals surface area contributed by atoms with E-state index in [9.17, 15) is 4.79 Å². The summed E-state index contributed by atoms with van der Waals surface area (Å²) in [5.74, 6) is -0.283. The zero-order valence-electron chi connectivity index (χ0n) is 9.24. The van der Waals surface area contributed by atoms with Crippen LogP contribution in [0.4, 0.5) is 0 Å². The molecule has 0 aliphatic carbocycles. The largest absolute Gasteiger partial charge is 0.392 e. The molecule has 1 unspecified atom stereocenters. The first-order valence-electron chi connectivity index (χ1n) is 5.02. The second-order valence-electron chi connectivity index (χ2n) is 3.52. The Kier molecular flexibility index (Phi) is 5.54. The van der Waals surface area contributed by atoms with Crippen molar-refractivity contribution in [3.63, 3.8) is 0 Å². The Balaban J connectivity index is 2.52. The molecule has 0 bridgehead atoms. The number of carbonyl (C=O) groups is 1. The summed E-state index contributed by atoms with van der Waals surface area (Å²) in [6.45, 7) is 1.93. The number of halogens is 1. The topological polar surface area (TPSA) is 61.4 Å². The summed E-state index contributed by atoms with van der Waals surface area (Å²) < 4.78 is 0.827. The molecule has 0 fully saturated rings. The number of amides is 1. The van der Waals surface area contributed by atoms with Gasteiger partial charge in [-0.3, -0.25) is 10.1 Å². The average molecular weight is 317 g/mol. The van der Waals surface area contributed by atoms with Crippen molar-refractivity contribution in [1.29, 1.82) is 0 Å². The fourth-order valence-electron chi connectivity index (χ4n) is 1.09. The van der Waals surface area contributed by atoms with Crippen LogP contribution in [0.2, 0.25) is 0 Å². The van der Waals surface area contributed by atoms with Crippen molar-refractivity contribution >= 4 is 39.2 Å². The molecule has 1 aromatic carbocycles. The van der Waals surface area contributed by atoms with Gasteiger partial charge in [-0.25, -0.2) is 0 Å². The normalized spacial score (nSPS) is 11.7. The first-order chi connectivity index (χ1) is 7.99. The van der Waals surface area contributed by atoms with Crippen LogP contribution >= 0.6 is 28.1 Å². The van der Waals surface area contributed by atoms with Crippen LogP contribution in [0, 0.1) is 0 Å². The average Bonchev–Trinajstić information content (AvgIpc) is 2.26. The Labute approximate surface area is 114 Å². The third-order valence-corrected chi connectivity index (χ3v) is 2.61. The van der Waals surface area contributed by atoms with Crippen LogP contribution in [-0.2, 0) is 0 Å². The van der Waals surface area contributed by atoms with E-state index in [0.717, 1.165) is 4.47 Å². The van der Waals surface area contributed by atoms with Crippen LogP contribution in [0.15, 0.2) is 28.7 Å². The van der Waals surface area contributed by atoms with Gasteiger partial charge in [-0.1, -0.05) is 22.0 Å². The molecule has 4 nitrogen and oxygen atoms in total. The van der Waals surface area contributed by atoms with Gasteiger partial charge in [-0.2, -0.15) is 0 Å². The van der Waals surface area contributed by atoms with E-state index in [0.29, 0.717) is 12.1 Å². The fraction of sp³-hybridized carbons (Fsp3) is 0.273. The number of thiocarbonyl (C=S) groups is 1. The maximum atomic E-state index is 11.7. The molecule has 1 atom stereocenters. The van der Waals surface area contributed by atoms with Crippen LogP contribution in [0.3, 0.4) is 0 Å². The number of aliphatic hydroxyl groups is 1. The summed E-state index contributed by atoms with van der Waals surface area (Å²) in [5, 5.41) is 14.5. The third-order valence-electron chi connectivity index (χ3n) is 1.87. The number of carbonyl (C=O) groups excluding carboxylic acids is 1. The van der Waals surface area contributed by atoms with Gasteiger partial charge in [0.05, 0.1) is 6.10 Å². The minimum Gasteiger partial charge on any atom is -0.392 e. The number of nitrogens with one attached hydrogen (secondary N) is 2. The number of benzene rings is 1. The van der Waals surface area contributed by atoms with E-state index >= 15 is 0 Å². The number of hydrogen-bond acceptors (Lipinski definition) is 3. The molecule has 1 rings (SSSR count). The van der Waals surface area contributed by atoms with E-state index in [1.54, 1.807) is 25.1 Å². The van der Waals surface area contributed by atoms with E-state index < -0.39 is 6.10 Å². The number of aliphatic hydroxyl groups excluding tert-OH is 1. The smallest absolute Gasteiger partial charge is 0.257 e. The van der Waals surface area contributed by atoms with Crippen LogP contribution < -0.4 is 10.6 Å². The van der Waals surface area contributed by atoms with Crippen LogP contribution in [0.25, 0.3) is 0 Å². The third kappa shape index (κ3) is 5.25. The van der Waals surface area contributed by atoms with Crippen LogP contribution in [-0.4, -0.2) is 28.8 Å². The molecule has 1 amide bonds. The first kappa shape index (κ1) is 14.1.